The lowest BCUT2D eigenvalue weighted by Gasteiger charge is -2.09. The predicted molar refractivity (Wildman–Crippen MR) is 104 cm³/mol. The van der Waals surface area contributed by atoms with E-state index in [0.717, 1.165) is 36.1 Å². The number of nitrogens with zero attached hydrogens (tertiary/aromatic N) is 1. The van der Waals surface area contributed by atoms with Gasteiger partial charge in [0, 0.05) is 16.1 Å². The van der Waals surface area contributed by atoms with Crippen LogP contribution in [0.2, 0.25) is 5.02 Å². The minimum absolute atomic E-state index is 0.400. The lowest BCUT2D eigenvalue weighted by atomic mass is 10.0. The molecule has 0 aliphatic carbocycles. The summed E-state index contributed by atoms with van der Waals surface area (Å²) in [6, 6.07) is 14.8. The molecule has 0 amide bonds. The number of para-hydroxylation sites is 1. The molecule has 2 aromatic carbocycles. The van der Waals surface area contributed by atoms with Crippen LogP contribution in [0.15, 0.2) is 59.3 Å². The molecule has 3 rings (SSSR count). The molecule has 0 aromatic heterocycles. The third-order valence-electron chi connectivity index (χ3n) is 4.04. The second kappa shape index (κ2) is 8.68. The number of unbranched alkanes of at least 4 members (excludes halogenated alkanes) is 2. The molecule has 1 aliphatic rings. The van der Waals surface area contributed by atoms with E-state index < -0.39 is 5.97 Å². The van der Waals surface area contributed by atoms with E-state index in [4.69, 9.17) is 21.2 Å². The topological polar surface area (TPSA) is 47.9 Å². The summed E-state index contributed by atoms with van der Waals surface area (Å²) in [6.45, 7) is 2.80. The van der Waals surface area contributed by atoms with Gasteiger partial charge in [-0.05, 0) is 30.7 Å². The fraction of sp³-hybridized carbons (Fsp3) is 0.238. The van der Waals surface area contributed by atoms with Crippen molar-refractivity contribution in [3.63, 3.8) is 0 Å². The van der Waals surface area contributed by atoms with Gasteiger partial charge in [-0.1, -0.05) is 66.9 Å². The zero-order chi connectivity index (χ0) is 18.4. The van der Waals surface area contributed by atoms with E-state index in [-0.39, 0.29) is 0 Å². The molecule has 0 fully saturated rings. The Morgan fingerprint density at radius 2 is 1.88 bits per heavy atom. The molecular weight excluding hydrogens is 350 g/mol. The highest BCUT2D eigenvalue weighted by molar-refractivity contribution is 6.32. The SMILES string of the molecule is CCCCCOc1ccccc1C=C1C(=O)ON=C1c1ccc(Cl)cc1. The standard InChI is InChI=1S/C21H20ClNO3/c1-2-3-6-13-25-19-8-5-4-7-16(19)14-18-20(23-26-21(18)24)15-9-11-17(22)12-10-15/h4-5,7-12,14H,2-3,6,13H2,1H3. The van der Waals surface area contributed by atoms with Crippen LogP contribution in [0.3, 0.4) is 0 Å². The van der Waals surface area contributed by atoms with E-state index in [1.54, 1.807) is 18.2 Å². The summed E-state index contributed by atoms with van der Waals surface area (Å²) in [4.78, 5) is 17.1. The summed E-state index contributed by atoms with van der Waals surface area (Å²) < 4.78 is 5.89. The Labute approximate surface area is 158 Å². The van der Waals surface area contributed by atoms with Crippen LogP contribution in [0.25, 0.3) is 6.08 Å². The molecule has 0 N–H and O–H groups in total. The van der Waals surface area contributed by atoms with Gasteiger partial charge < -0.3 is 9.57 Å². The molecule has 0 spiro atoms. The van der Waals surface area contributed by atoms with Gasteiger partial charge in [-0.25, -0.2) is 4.79 Å². The predicted octanol–water partition coefficient (Wildman–Crippen LogP) is 5.25. The molecule has 0 saturated carbocycles. The van der Waals surface area contributed by atoms with Crippen molar-refractivity contribution in [2.45, 2.75) is 26.2 Å². The number of ether oxygens (including phenoxy) is 1. The molecule has 1 aliphatic heterocycles. The maximum absolute atomic E-state index is 12.2. The first-order valence-electron chi connectivity index (χ1n) is 8.68. The van der Waals surface area contributed by atoms with Crippen molar-refractivity contribution in [3.8, 4) is 5.75 Å². The van der Waals surface area contributed by atoms with Crippen LogP contribution in [0.5, 0.6) is 5.75 Å². The van der Waals surface area contributed by atoms with E-state index in [2.05, 4.69) is 12.1 Å². The molecule has 2 aromatic rings. The van der Waals surface area contributed by atoms with Crippen molar-refractivity contribution < 1.29 is 14.4 Å². The highest BCUT2D eigenvalue weighted by Crippen LogP contribution is 2.26. The molecular formula is C21H20ClNO3. The number of hydrogen-bond donors (Lipinski definition) is 0. The maximum Gasteiger partial charge on any atom is 0.368 e. The van der Waals surface area contributed by atoms with Gasteiger partial charge in [0.05, 0.1) is 12.2 Å². The van der Waals surface area contributed by atoms with Gasteiger partial charge in [-0.3, -0.25) is 0 Å². The molecule has 1 heterocycles. The number of halogens is 1. The molecule has 4 nitrogen and oxygen atoms in total. The normalized spacial score (nSPS) is 15.1. The van der Waals surface area contributed by atoms with E-state index in [1.165, 1.54) is 0 Å². The van der Waals surface area contributed by atoms with Crippen molar-refractivity contribution in [3.05, 3.63) is 70.3 Å². The average molecular weight is 370 g/mol. The third kappa shape index (κ3) is 4.33. The van der Waals surface area contributed by atoms with Gasteiger partial charge in [0.2, 0.25) is 0 Å². The minimum atomic E-state index is -0.476. The van der Waals surface area contributed by atoms with Gasteiger partial charge in [0.25, 0.3) is 0 Å². The van der Waals surface area contributed by atoms with Crippen LogP contribution in [-0.4, -0.2) is 18.3 Å². The maximum atomic E-state index is 12.2. The van der Waals surface area contributed by atoms with Crippen LogP contribution in [0, 0.1) is 0 Å². The molecule has 0 unspecified atom stereocenters. The number of rotatable bonds is 7. The summed E-state index contributed by atoms with van der Waals surface area (Å²) in [6.07, 6.45) is 5.03. The van der Waals surface area contributed by atoms with Gasteiger partial charge in [0.1, 0.15) is 11.5 Å². The van der Waals surface area contributed by atoms with Crippen LogP contribution < -0.4 is 4.74 Å². The molecule has 0 bridgehead atoms. The van der Waals surface area contributed by atoms with Crippen LogP contribution in [0.4, 0.5) is 0 Å². The van der Waals surface area contributed by atoms with Gasteiger partial charge in [-0.15, -0.1) is 0 Å². The zero-order valence-corrected chi connectivity index (χ0v) is 15.3. The molecule has 5 heteroatoms. The van der Waals surface area contributed by atoms with E-state index in [1.807, 2.05) is 36.4 Å². The smallest absolute Gasteiger partial charge is 0.368 e. The summed E-state index contributed by atoms with van der Waals surface area (Å²) in [5.74, 6) is 0.266. The minimum Gasteiger partial charge on any atom is -0.493 e. The monoisotopic (exact) mass is 369 g/mol. The van der Waals surface area contributed by atoms with Crippen LogP contribution in [0.1, 0.15) is 37.3 Å². The van der Waals surface area contributed by atoms with Crippen molar-refractivity contribution in [1.82, 2.24) is 0 Å². The first-order chi connectivity index (χ1) is 12.7. The van der Waals surface area contributed by atoms with E-state index in [9.17, 15) is 4.79 Å². The van der Waals surface area contributed by atoms with Crippen molar-refractivity contribution >= 4 is 29.4 Å². The van der Waals surface area contributed by atoms with Crippen molar-refractivity contribution in [1.29, 1.82) is 0 Å². The largest absolute Gasteiger partial charge is 0.493 e. The lowest BCUT2D eigenvalue weighted by molar-refractivity contribution is -0.136. The first kappa shape index (κ1) is 18.2. The first-order valence-corrected chi connectivity index (χ1v) is 9.06. The second-order valence-corrected chi connectivity index (χ2v) is 6.41. The second-order valence-electron chi connectivity index (χ2n) is 5.98. The quantitative estimate of drug-likeness (QED) is 0.380. The number of carbonyl (C=O) groups excluding carboxylic acids is 1. The summed E-state index contributed by atoms with van der Waals surface area (Å²) in [7, 11) is 0. The average Bonchev–Trinajstić information content (AvgIpc) is 3.01. The Morgan fingerprint density at radius 3 is 2.65 bits per heavy atom. The Balaban J connectivity index is 1.87. The van der Waals surface area contributed by atoms with Crippen LogP contribution in [-0.2, 0) is 9.63 Å². The van der Waals surface area contributed by atoms with Crippen LogP contribution >= 0.6 is 11.6 Å². The number of oxime groups is 1. The Bertz CT molecular complexity index is 841. The van der Waals surface area contributed by atoms with E-state index >= 15 is 0 Å². The molecule has 0 saturated heterocycles. The number of benzene rings is 2. The Hall–Kier alpha value is -2.59. The molecule has 0 atom stereocenters. The summed E-state index contributed by atoms with van der Waals surface area (Å²) >= 11 is 5.94. The summed E-state index contributed by atoms with van der Waals surface area (Å²) in [5, 5.41) is 4.55. The Morgan fingerprint density at radius 1 is 1.12 bits per heavy atom. The van der Waals surface area contributed by atoms with Gasteiger partial charge in [-0.2, -0.15) is 0 Å². The highest BCUT2D eigenvalue weighted by Gasteiger charge is 2.27. The zero-order valence-electron chi connectivity index (χ0n) is 14.6. The van der Waals surface area contributed by atoms with Gasteiger partial charge >= 0.3 is 5.97 Å². The number of carbonyl (C=O) groups is 1. The fourth-order valence-corrected chi connectivity index (χ4v) is 2.77. The third-order valence-corrected chi connectivity index (χ3v) is 4.29. The molecule has 26 heavy (non-hydrogen) atoms. The number of hydrogen-bond acceptors (Lipinski definition) is 4. The molecule has 0 radical (unpaired) electrons. The van der Waals surface area contributed by atoms with E-state index in [0.29, 0.717) is 22.9 Å². The van der Waals surface area contributed by atoms with Gasteiger partial charge in [0.15, 0.2) is 0 Å². The lowest BCUT2D eigenvalue weighted by Crippen LogP contribution is -2.07. The summed E-state index contributed by atoms with van der Waals surface area (Å²) in [5.41, 5.74) is 2.48. The fourth-order valence-electron chi connectivity index (χ4n) is 2.65. The van der Waals surface area contributed by atoms with Crippen molar-refractivity contribution in [2.75, 3.05) is 6.61 Å². The molecule has 134 valence electrons. The highest BCUT2D eigenvalue weighted by atomic mass is 35.5. The van der Waals surface area contributed by atoms with Crippen molar-refractivity contribution in [2.24, 2.45) is 5.16 Å². The Kier molecular flexibility index (Phi) is 6.08.